The molecule has 0 bridgehead atoms. The molecule has 0 aliphatic carbocycles. The van der Waals surface area contributed by atoms with Crippen LogP contribution in [0.5, 0.6) is 0 Å². The van der Waals surface area contributed by atoms with Crippen molar-refractivity contribution in [1.82, 2.24) is 20.0 Å². The summed E-state index contributed by atoms with van der Waals surface area (Å²) in [5, 5.41) is 12.7. The molecule has 0 spiro atoms. The molecule has 0 fully saturated rings. The summed E-state index contributed by atoms with van der Waals surface area (Å²) in [6.07, 6.45) is 0.601. The first-order valence-corrected chi connectivity index (χ1v) is 6.87. The van der Waals surface area contributed by atoms with Crippen LogP contribution in [0, 0.1) is 26.7 Å². The van der Waals surface area contributed by atoms with E-state index in [-0.39, 0.29) is 11.9 Å². The molecule has 0 aliphatic rings. The van der Waals surface area contributed by atoms with Gasteiger partial charge in [-0.05, 0) is 44.9 Å². The average Bonchev–Trinajstić information content (AvgIpc) is 2.75. The van der Waals surface area contributed by atoms with Crippen LogP contribution in [0.2, 0.25) is 0 Å². The summed E-state index contributed by atoms with van der Waals surface area (Å²) in [5.74, 6) is 0.268. The molecule has 0 saturated carbocycles. The zero-order valence-electron chi connectivity index (χ0n) is 13.0. The van der Waals surface area contributed by atoms with Gasteiger partial charge in [0.1, 0.15) is 0 Å². The Bertz CT molecular complexity index is 646. The smallest absolute Gasteiger partial charge is 0.308 e. The minimum absolute atomic E-state index is 0.200. The van der Waals surface area contributed by atoms with E-state index in [0.717, 1.165) is 22.6 Å². The number of carbonyl (C=O) groups excluding carboxylic acids is 1. The number of rotatable bonds is 4. The summed E-state index contributed by atoms with van der Waals surface area (Å²) in [7, 11) is 1.41. The van der Waals surface area contributed by atoms with Crippen molar-refractivity contribution < 1.29 is 9.53 Å². The molecule has 0 amide bonds. The van der Waals surface area contributed by atoms with Gasteiger partial charge in [-0.25, -0.2) is 4.68 Å². The summed E-state index contributed by atoms with van der Waals surface area (Å²) in [6.45, 7) is 7.65. The van der Waals surface area contributed by atoms with Crippen LogP contribution in [-0.4, -0.2) is 33.1 Å². The van der Waals surface area contributed by atoms with Crippen molar-refractivity contribution in [2.75, 3.05) is 7.11 Å². The van der Waals surface area contributed by atoms with E-state index < -0.39 is 0 Å². The van der Waals surface area contributed by atoms with E-state index in [1.165, 1.54) is 7.11 Å². The fourth-order valence-corrected chi connectivity index (χ4v) is 2.29. The summed E-state index contributed by atoms with van der Waals surface area (Å²) in [6, 6.07) is 3.78. The first kappa shape index (κ1) is 15.2. The van der Waals surface area contributed by atoms with Crippen LogP contribution < -0.4 is 0 Å². The number of esters is 1. The standard InChI is InChI=1S/C15H20N4O2/c1-9(15(20)21-5)8-13-11(3)18-19(12(13)4)14-7-6-10(2)16-17-14/h6-7,9H,8H2,1-5H3. The highest BCUT2D eigenvalue weighted by atomic mass is 16.5. The lowest BCUT2D eigenvalue weighted by atomic mass is 10.00. The Kier molecular flexibility index (Phi) is 4.35. The van der Waals surface area contributed by atoms with Gasteiger partial charge >= 0.3 is 5.97 Å². The van der Waals surface area contributed by atoms with Gasteiger partial charge in [0, 0.05) is 5.69 Å². The third-order valence-electron chi connectivity index (χ3n) is 3.56. The van der Waals surface area contributed by atoms with Crippen LogP contribution in [0.1, 0.15) is 29.6 Å². The molecule has 2 heterocycles. The van der Waals surface area contributed by atoms with Crippen LogP contribution in [0.15, 0.2) is 12.1 Å². The third kappa shape index (κ3) is 3.09. The molecule has 6 heteroatoms. The fraction of sp³-hybridized carbons (Fsp3) is 0.467. The third-order valence-corrected chi connectivity index (χ3v) is 3.56. The maximum Gasteiger partial charge on any atom is 0.308 e. The molecule has 6 nitrogen and oxygen atoms in total. The Hall–Kier alpha value is -2.24. The number of aromatic nitrogens is 4. The lowest BCUT2D eigenvalue weighted by Gasteiger charge is -2.09. The van der Waals surface area contributed by atoms with Crippen molar-refractivity contribution in [3.8, 4) is 5.82 Å². The van der Waals surface area contributed by atoms with Crippen molar-refractivity contribution in [1.29, 1.82) is 0 Å². The lowest BCUT2D eigenvalue weighted by Crippen LogP contribution is -2.16. The van der Waals surface area contributed by atoms with E-state index in [4.69, 9.17) is 4.74 Å². The molecule has 2 aromatic heterocycles. The second-order valence-corrected chi connectivity index (χ2v) is 5.22. The Morgan fingerprint density at radius 3 is 2.57 bits per heavy atom. The molecule has 0 aromatic carbocycles. The lowest BCUT2D eigenvalue weighted by molar-refractivity contribution is -0.144. The van der Waals surface area contributed by atoms with E-state index in [1.54, 1.807) is 4.68 Å². The maximum atomic E-state index is 11.6. The van der Waals surface area contributed by atoms with E-state index in [1.807, 2.05) is 39.8 Å². The molecular weight excluding hydrogens is 268 g/mol. The predicted octanol–water partition coefficient (Wildman–Crippen LogP) is 1.94. The van der Waals surface area contributed by atoms with Crippen LogP contribution in [-0.2, 0) is 16.0 Å². The highest BCUT2D eigenvalue weighted by Crippen LogP contribution is 2.20. The van der Waals surface area contributed by atoms with E-state index in [0.29, 0.717) is 12.2 Å². The Morgan fingerprint density at radius 1 is 1.29 bits per heavy atom. The van der Waals surface area contributed by atoms with Crippen LogP contribution in [0.4, 0.5) is 0 Å². The number of nitrogens with zero attached hydrogens (tertiary/aromatic N) is 4. The summed E-state index contributed by atoms with van der Waals surface area (Å²) >= 11 is 0. The minimum Gasteiger partial charge on any atom is -0.469 e. The normalized spacial score (nSPS) is 12.2. The number of carbonyl (C=O) groups is 1. The maximum absolute atomic E-state index is 11.6. The molecule has 1 unspecified atom stereocenters. The molecule has 2 aromatic rings. The molecule has 0 radical (unpaired) electrons. The van der Waals surface area contributed by atoms with Gasteiger partial charge in [-0.3, -0.25) is 4.79 Å². The first-order chi connectivity index (χ1) is 9.93. The molecule has 21 heavy (non-hydrogen) atoms. The number of ether oxygens (including phenoxy) is 1. The molecule has 1 atom stereocenters. The minimum atomic E-state index is -0.211. The number of aryl methyl sites for hydroxylation is 2. The molecular formula is C15H20N4O2. The second-order valence-electron chi connectivity index (χ2n) is 5.22. The number of methoxy groups -OCH3 is 1. The van der Waals surface area contributed by atoms with Gasteiger partial charge in [-0.1, -0.05) is 6.92 Å². The van der Waals surface area contributed by atoms with Crippen molar-refractivity contribution >= 4 is 5.97 Å². The van der Waals surface area contributed by atoms with E-state index >= 15 is 0 Å². The van der Waals surface area contributed by atoms with Gasteiger partial charge in [0.2, 0.25) is 0 Å². The zero-order valence-corrected chi connectivity index (χ0v) is 13.0. The van der Waals surface area contributed by atoms with Crippen molar-refractivity contribution in [3.63, 3.8) is 0 Å². The second kappa shape index (κ2) is 6.03. The monoisotopic (exact) mass is 288 g/mol. The quantitative estimate of drug-likeness (QED) is 0.804. The van der Waals surface area contributed by atoms with Crippen molar-refractivity contribution in [2.45, 2.75) is 34.1 Å². The van der Waals surface area contributed by atoms with Gasteiger partial charge < -0.3 is 4.74 Å². The summed E-state index contributed by atoms with van der Waals surface area (Å²) in [5.41, 5.74) is 3.78. The Labute approximate surface area is 124 Å². The topological polar surface area (TPSA) is 69.9 Å². The van der Waals surface area contributed by atoms with Crippen molar-refractivity contribution in [3.05, 3.63) is 34.8 Å². The fourth-order valence-electron chi connectivity index (χ4n) is 2.29. The van der Waals surface area contributed by atoms with E-state index in [9.17, 15) is 4.79 Å². The SMILES string of the molecule is COC(=O)C(C)Cc1c(C)nn(-c2ccc(C)nn2)c1C. The predicted molar refractivity (Wildman–Crippen MR) is 78.2 cm³/mol. The molecule has 2 rings (SSSR count). The Morgan fingerprint density at radius 2 is 2.00 bits per heavy atom. The van der Waals surface area contributed by atoms with Gasteiger partial charge in [0.25, 0.3) is 0 Å². The van der Waals surface area contributed by atoms with Crippen LogP contribution in [0.25, 0.3) is 5.82 Å². The van der Waals surface area contributed by atoms with Gasteiger partial charge in [0.15, 0.2) is 5.82 Å². The number of hydrogen-bond acceptors (Lipinski definition) is 5. The zero-order chi connectivity index (χ0) is 15.6. The molecule has 112 valence electrons. The van der Waals surface area contributed by atoms with E-state index in [2.05, 4.69) is 15.3 Å². The van der Waals surface area contributed by atoms with Gasteiger partial charge in [-0.15, -0.1) is 5.10 Å². The van der Waals surface area contributed by atoms with Gasteiger partial charge in [-0.2, -0.15) is 10.2 Å². The van der Waals surface area contributed by atoms with Crippen LogP contribution in [0.3, 0.4) is 0 Å². The number of hydrogen-bond donors (Lipinski definition) is 0. The Balaban J connectivity index is 2.33. The van der Waals surface area contributed by atoms with Crippen LogP contribution >= 0.6 is 0 Å². The van der Waals surface area contributed by atoms with Crippen molar-refractivity contribution in [2.24, 2.45) is 5.92 Å². The summed E-state index contributed by atoms with van der Waals surface area (Å²) < 4.78 is 6.55. The van der Waals surface area contributed by atoms with Gasteiger partial charge in [0.05, 0.1) is 24.4 Å². The molecule has 0 saturated heterocycles. The summed E-state index contributed by atoms with van der Waals surface area (Å²) in [4.78, 5) is 11.6. The largest absolute Gasteiger partial charge is 0.469 e. The molecule has 0 aliphatic heterocycles. The average molecular weight is 288 g/mol. The molecule has 0 N–H and O–H groups in total. The highest BCUT2D eigenvalue weighted by molar-refractivity contribution is 5.72. The highest BCUT2D eigenvalue weighted by Gasteiger charge is 2.20. The first-order valence-electron chi connectivity index (χ1n) is 6.87.